The van der Waals surface area contributed by atoms with E-state index in [9.17, 15) is 18.0 Å². The largest absolute Gasteiger partial charge is 0.479 e. The highest BCUT2D eigenvalue weighted by Crippen LogP contribution is 2.39. The molecule has 0 N–H and O–H groups in total. The van der Waals surface area contributed by atoms with Crippen molar-refractivity contribution in [2.45, 2.75) is 69.6 Å². The first-order valence-electron chi connectivity index (χ1n) is 12.7. The molecule has 1 aliphatic carbocycles. The molecule has 3 heterocycles. The monoisotopic (exact) mass is 527 g/mol. The number of aromatic nitrogens is 2. The summed E-state index contributed by atoms with van der Waals surface area (Å²) in [5.74, 6) is 1.01. The number of Topliss-reactive ketones (excluding diaryl/α,β-unsaturated/α-hetero) is 1. The second kappa shape index (κ2) is 11.8. The lowest BCUT2D eigenvalue weighted by Crippen LogP contribution is -2.36. The highest BCUT2D eigenvalue weighted by Gasteiger charge is 2.36. The van der Waals surface area contributed by atoms with Gasteiger partial charge < -0.3 is 18.9 Å². The minimum absolute atomic E-state index is 0.0250. The lowest BCUT2D eigenvalue weighted by Gasteiger charge is -2.35. The van der Waals surface area contributed by atoms with E-state index in [1.807, 2.05) is 0 Å². The molecule has 11 heteroatoms. The minimum atomic E-state index is -4.41. The van der Waals surface area contributed by atoms with E-state index in [1.165, 1.54) is 13.2 Å². The molecule has 1 saturated carbocycles. The zero-order valence-corrected chi connectivity index (χ0v) is 21.0. The highest BCUT2D eigenvalue weighted by atomic mass is 19.4. The molecule has 0 spiro atoms. The van der Waals surface area contributed by atoms with Gasteiger partial charge in [-0.3, -0.25) is 4.79 Å². The van der Waals surface area contributed by atoms with E-state index in [1.54, 1.807) is 12.1 Å². The van der Waals surface area contributed by atoms with Crippen molar-refractivity contribution in [3.8, 4) is 11.8 Å². The van der Waals surface area contributed by atoms with Crippen LogP contribution in [0.25, 0.3) is 0 Å². The molecule has 1 aliphatic heterocycles. The quantitative estimate of drug-likeness (QED) is 0.407. The van der Waals surface area contributed by atoms with Gasteiger partial charge in [-0.05, 0) is 55.2 Å². The number of hydrogen-bond acceptors (Lipinski definition) is 7. The predicted molar refractivity (Wildman–Crippen MR) is 126 cm³/mol. The van der Waals surface area contributed by atoms with Crippen molar-refractivity contribution in [2.75, 3.05) is 33.4 Å². The van der Waals surface area contributed by atoms with Crippen LogP contribution >= 0.6 is 0 Å². The van der Waals surface area contributed by atoms with Gasteiger partial charge in [-0.2, -0.15) is 13.2 Å². The van der Waals surface area contributed by atoms with Gasteiger partial charge in [0, 0.05) is 50.3 Å². The maximum absolute atomic E-state index is 15.6. The molecule has 0 saturated heterocycles. The summed E-state index contributed by atoms with van der Waals surface area (Å²) in [5, 5.41) is 3.70. The number of nitrogens with zero attached hydrogens (tertiary/aromatic N) is 3. The number of ketones is 1. The molecule has 4 rings (SSSR count). The number of halogens is 4. The molecule has 37 heavy (non-hydrogen) atoms. The summed E-state index contributed by atoms with van der Waals surface area (Å²) in [6, 6.07) is 4.85. The Kier molecular flexibility index (Phi) is 8.71. The Labute approximate surface area is 213 Å². The minimum Gasteiger partial charge on any atom is -0.479 e. The summed E-state index contributed by atoms with van der Waals surface area (Å²) in [6.45, 7) is 0.660. The van der Waals surface area contributed by atoms with Crippen molar-refractivity contribution in [3.05, 3.63) is 35.2 Å². The first-order chi connectivity index (χ1) is 17.6. The second-order valence-electron chi connectivity index (χ2n) is 10.1. The van der Waals surface area contributed by atoms with E-state index in [0.717, 1.165) is 17.8 Å². The molecule has 2 aliphatic rings. The second-order valence-corrected chi connectivity index (χ2v) is 10.1. The molecule has 0 radical (unpaired) electrons. The molecule has 0 amide bonds. The number of pyridine rings is 1. The summed E-state index contributed by atoms with van der Waals surface area (Å²) in [5.41, 5.74) is 0.491. The van der Waals surface area contributed by atoms with E-state index >= 15 is 4.39 Å². The van der Waals surface area contributed by atoms with Crippen LogP contribution in [0.3, 0.4) is 0 Å². The van der Waals surface area contributed by atoms with Gasteiger partial charge >= 0.3 is 6.18 Å². The van der Waals surface area contributed by atoms with Crippen LogP contribution in [0.5, 0.6) is 11.8 Å². The molecule has 1 fully saturated rings. The molecule has 0 atom stereocenters. The molecule has 204 valence electrons. The number of rotatable bonds is 10. The molecule has 2 aromatic heterocycles. The third-order valence-electron chi connectivity index (χ3n) is 7.30. The van der Waals surface area contributed by atoms with Gasteiger partial charge in [-0.15, -0.1) is 0 Å². The molecule has 0 aromatic carbocycles. The zero-order chi connectivity index (χ0) is 26.5. The average molecular weight is 528 g/mol. The Morgan fingerprint density at radius 2 is 1.95 bits per heavy atom. The van der Waals surface area contributed by atoms with Crippen molar-refractivity contribution in [3.63, 3.8) is 0 Å². The van der Waals surface area contributed by atoms with E-state index in [-0.39, 0.29) is 24.0 Å². The topological polar surface area (TPSA) is 77.7 Å². The van der Waals surface area contributed by atoms with Gasteiger partial charge in [0.15, 0.2) is 6.61 Å². The number of methoxy groups -OCH3 is 1. The standard InChI is InChI=1S/C26H33F4N3O4/c1-35-24-16-21(37-32-24)15-20(34)14-18-4-8-25(27,9-5-18)10-13-33-11-6-19-2-3-23(31-22(19)7-12-33)36-17-26(28,29)30/h2-3,16,18H,4-15,17H2,1H3. The molecule has 2 aromatic rings. The summed E-state index contributed by atoms with van der Waals surface area (Å²) in [4.78, 5) is 18.9. The van der Waals surface area contributed by atoms with E-state index in [4.69, 9.17) is 14.0 Å². The number of fused-ring (bicyclic) bond motifs is 1. The number of carbonyl (C=O) groups excluding carboxylic acids is 1. The van der Waals surface area contributed by atoms with Crippen molar-refractivity contribution >= 4 is 5.78 Å². The predicted octanol–water partition coefficient (Wildman–Crippen LogP) is 4.91. The van der Waals surface area contributed by atoms with Crippen LogP contribution in [0.4, 0.5) is 17.6 Å². The number of hydrogen-bond donors (Lipinski definition) is 0. The van der Waals surface area contributed by atoms with Gasteiger partial charge in [0.25, 0.3) is 5.88 Å². The molecule has 7 nitrogen and oxygen atoms in total. The van der Waals surface area contributed by atoms with Crippen molar-refractivity contribution < 1.29 is 36.4 Å². The Morgan fingerprint density at radius 1 is 1.19 bits per heavy atom. The van der Waals surface area contributed by atoms with Crippen LogP contribution in [0.2, 0.25) is 0 Å². The van der Waals surface area contributed by atoms with E-state index in [2.05, 4.69) is 15.0 Å². The Balaban J connectivity index is 1.19. The van der Waals surface area contributed by atoms with Crippen LogP contribution in [0, 0.1) is 5.92 Å². The van der Waals surface area contributed by atoms with Crippen LogP contribution < -0.4 is 9.47 Å². The molecular weight excluding hydrogens is 494 g/mol. The van der Waals surface area contributed by atoms with Gasteiger partial charge in [-0.25, -0.2) is 9.37 Å². The Morgan fingerprint density at radius 3 is 2.65 bits per heavy atom. The lowest BCUT2D eigenvalue weighted by atomic mass is 9.76. The SMILES string of the molecule is COc1cc(CC(=O)CC2CCC(F)(CCN3CCc4ccc(OCC(F)(F)F)nc4CC3)CC2)on1. The molecular formula is C26H33F4N3O4. The maximum Gasteiger partial charge on any atom is 0.422 e. The molecule has 0 bridgehead atoms. The van der Waals surface area contributed by atoms with Crippen LogP contribution in [-0.2, 0) is 24.1 Å². The third kappa shape index (κ3) is 8.15. The van der Waals surface area contributed by atoms with Crippen molar-refractivity contribution in [1.82, 2.24) is 15.0 Å². The van der Waals surface area contributed by atoms with Crippen LogP contribution in [0.15, 0.2) is 22.7 Å². The van der Waals surface area contributed by atoms with E-state index < -0.39 is 18.5 Å². The molecule has 0 unspecified atom stereocenters. The zero-order valence-electron chi connectivity index (χ0n) is 21.0. The fraction of sp³-hybridized carbons (Fsp3) is 0.654. The Bertz CT molecular complexity index is 1050. The number of alkyl halides is 4. The van der Waals surface area contributed by atoms with Gasteiger partial charge in [-0.1, -0.05) is 6.07 Å². The summed E-state index contributed by atoms with van der Waals surface area (Å²) < 4.78 is 67.6. The normalized spacial score (nSPS) is 22.8. The van der Waals surface area contributed by atoms with Crippen molar-refractivity contribution in [1.29, 1.82) is 0 Å². The fourth-order valence-electron chi connectivity index (χ4n) is 5.14. The van der Waals surface area contributed by atoms with E-state index in [0.29, 0.717) is 76.1 Å². The maximum atomic E-state index is 15.6. The van der Waals surface area contributed by atoms with Gasteiger partial charge in [0.05, 0.1) is 13.5 Å². The lowest BCUT2D eigenvalue weighted by molar-refractivity contribution is -0.154. The Hall–Kier alpha value is -2.69. The summed E-state index contributed by atoms with van der Waals surface area (Å²) >= 11 is 0. The van der Waals surface area contributed by atoms with Gasteiger partial charge in [0.2, 0.25) is 5.88 Å². The smallest absolute Gasteiger partial charge is 0.422 e. The number of carbonyl (C=O) groups is 1. The average Bonchev–Trinajstić information content (AvgIpc) is 3.21. The summed E-state index contributed by atoms with van der Waals surface area (Å²) in [7, 11) is 1.48. The highest BCUT2D eigenvalue weighted by molar-refractivity contribution is 5.80. The fourth-order valence-corrected chi connectivity index (χ4v) is 5.14. The first-order valence-corrected chi connectivity index (χ1v) is 12.7. The third-order valence-corrected chi connectivity index (χ3v) is 7.30. The first kappa shape index (κ1) is 27.3. The number of ether oxygens (including phenoxy) is 2. The van der Waals surface area contributed by atoms with Crippen LogP contribution in [-0.4, -0.2) is 66.0 Å². The summed E-state index contributed by atoms with van der Waals surface area (Å²) in [6.07, 6.45) is 0.121. The van der Waals surface area contributed by atoms with Crippen molar-refractivity contribution in [2.24, 2.45) is 5.92 Å². The van der Waals surface area contributed by atoms with Gasteiger partial charge in [0.1, 0.15) is 17.2 Å². The van der Waals surface area contributed by atoms with Crippen LogP contribution in [0.1, 0.15) is 55.5 Å².